The van der Waals surface area contributed by atoms with Crippen molar-refractivity contribution in [3.63, 3.8) is 0 Å². The van der Waals surface area contributed by atoms with Crippen LogP contribution in [0.5, 0.6) is 0 Å². The van der Waals surface area contributed by atoms with Gasteiger partial charge in [0.25, 0.3) is 0 Å². The van der Waals surface area contributed by atoms with Gasteiger partial charge in [0, 0.05) is 17.9 Å². The molecule has 0 unspecified atom stereocenters. The second kappa shape index (κ2) is 4.67. The standard InChI is InChI=1S/C14H12O2/c1-2-16-14(15)8-7-11-9-12-5-3-4-6-13(12)10-11/h3-6,9H,2,10H2,1H3. The molecular formula is C14H12O2. The van der Waals surface area contributed by atoms with Crippen LogP contribution in [0.4, 0.5) is 0 Å². The molecule has 1 aliphatic carbocycles. The van der Waals surface area contributed by atoms with Crippen molar-refractivity contribution in [2.75, 3.05) is 6.61 Å². The molecule has 1 aromatic carbocycles. The lowest BCUT2D eigenvalue weighted by atomic mass is 10.1. The van der Waals surface area contributed by atoms with Gasteiger partial charge in [-0.05, 0) is 24.1 Å². The van der Waals surface area contributed by atoms with E-state index in [0.29, 0.717) is 6.61 Å². The quantitative estimate of drug-likeness (QED) is 0.405. The van der Waals surface area contributed by atoms with Gasteiger partial charge in [0.05, 0.1) is 6.61 Å². The first kappa shape index (κ1) is 10.5. The van der Waals surface area contributed by atoms with Crippen molar-refractivity contribution in [1.29, 1.82) is 0 Å². The number of benzene rings is 1. The van der Waals surface area contributed by atoms with Crippen molar-refractivity contribution in [1.82, 2.24) is 0 Å². The van der Waals surface area contributed by atoms with E-state index < -0.39 is 5.97 Å². The fourth-order valence-corrected chi connectivity index (χ4v) is 1.66. The molecule has 2 nitrogen and oxygen atoms in total. The van der Waals surface area contributed by atoms with Crippen LogP contribution in [-0.2, 0) is 16.0 Å². The molecular weight excluding hydrogens is 200 g/mol. The number of fused-ring (bicyclic) bond motifs is 1. The van der Waals surface area contributed by atoms with Crippen molar-refractivity contribution in [2.45, 2.75) is 13.3 Å². The molecule has 0 radical (unpaired) electrons. The van der Waals surface area contributed by atoms with Gasteiger partial charge in [-0.2, -0.15) is 0 Å². The first-order chi connectivity index (χ1) is 7.79. The molecule has 16 heavy (non-hydrogen) atoms. The maximum absolute atomic E-state index is 11.0. The Morgan fingerprint density at radius 2 is 2.25 bits per heavy atom. The number of carbonyl (C=O) groups excluding carboxylic acids is 1. The lowest BCUT2D eigenvalue weighted by Crippen LogP contribution is -1.99. The Kier molecular flexibility index (Phi) is 3.07. The first-order valence-corrected chi connectivity index (χ1v) is 5.27. The van der Waals surface area contributed by atoms with Crippen LogP contribution in [-0.4, -0.2) is 12.6 Å². The van der Waals surface area contributed by atoms with Gasteiger partial charge in [0.15, 0.2) is 0 Å². The maximum atomic E-state index is 11.0. The molecule has 80 valence electrons. The molecule has 0 heterocycles. The van der Waals surface area contributed by atoms with E-state index in [4.69, 9.17) is 4.74 Å². The normalized spacial score (nSPS) is 12.2. The zero-order valence-corrected chi connectivity index (χ0v) is 9.12. The third kappa shape index (κ3) is 2.32. The van der Waals surface area contributed by atoms with Gasteiger partial charge in [-0.3, -0.25) is 0 Å². The SMILES string of the molecule is CCOC(=O)C#CC1=Cc2ccccc2C1. The van der Waals surface area contributed by atoms with Crippen LogP contribution in [0.25, 0.3) is 6.08 Å². The monoisotopic (exact) mass is 212 g/mol. The number of carbonyl (C=O) groups is 1. The second-order valence-corrected chi connectivity index (χ2v) is 3.52. The third-order valence-electron chi connectivity index (χ3n) is 2.37. The van der Waals surface area contributed by atoms with Gasteiger partial charge >= 0.3 is 5.97 Å². The lowest BCUT2D eigenvalue weighted by Gasteiger charge is -1.94. The van der Waals surface area contributed by atoms with Crippen LogP contribution in [0.1, 0.15) is 18.1 Å². The van der Waals surface area contributed by atoms with Crippen LogP contribution < -0.4 is 0 Å². The summed E-state index contributed by atoms with van der Waals surface area (Å²) in [5.74, 6) is 4.87. The number of hydrogen-bond acceptors (Lipinski definition) is 2. The summed E-state index contributed by atoms with van der Waals surface area (Å²) >= 11 is 0. The van der Waals surface area contributed by atoms with Gasteiger partial charge in [0.1, 0.15) is 0 Å². The fourth-order valence-electron chi connectivity index (χ4n) is 1.66. The maximum Gasteiger partial charge on any atom is 0.384 e. The van der Waals surface area contributed by atoms with Gasteiger partial charge in [0.2, 0.25) is 0 Å². The third-order valence-corrected chi connectivity index (χ3v) is 2.37. The van der Waals surface area contributed by atoms with E-state index in [1.54, 1.807) is 6.92 Å². The molecule has 0 N–H and O–H groups in total. The average Bonchev–Trinajstić information content (AvgIpc) is 2.69. The molecule has 0 spiro atoms. The van der Waals surface area contributed by atoms with Gasteiger partial charge in [-0.15, -0.1) is 0 Å². The zero-order chi connectivity index (χ0) is 11.4. The van der Waals surface area contributed by atoms with E-state index >= 15 is 0 Å². The molecule has 0 aromatic heterocycles. The van der Waals surface area contributed by atoms with Crippen LogP contribution in [0, 0.1) is 11.8 Å². The number of rotatable bonds is 1. The van der Waals surface area contributed by atoms with Crippen molar-refractivity contribution in [2.24, 2.45) is 0 Å². The predicted octanol–water partition coefficient (Wildman–Crippen LogP) is 2.19. The number of ether oxygens (including phenoxy) is 1. The van der Waals surface area contributed by atoms with Crippen LogP contribution >= 0.6 is 0 Å². The molecule has 0 amide bonds. The molecule has 0 atom stereocenters. The van der Waals surface area contributed by atoms with Crippen LogP contribution in [0.2, 0.25) is 0 Å². The first-order valence-electron chi connectivity index (χ1n) is 5.27. The average molecular weight is 212 g/mol. The molecule has 1 aliphatic rings. The largest absolute Gasteiger partial charge is 0.456 e. The number of allylic oxidation sites excluding steroid dienone is 1. The highest BCUT2D eigenvalue weighted by molar-refractivity contribution is 5.89. The Morgan fingerprint density at radius 3 is 3.00 bits per heavy atom. The highest BCUT2D eigenvalue weighted by atomic mass is 16.5. The Morgan fingerprint density at radius 1 is 1.44 bits per heavy atom. The van der Waals surface area contributed by atoms with Crippen molar-refractivity contribution in [3.8, 4) is 11.8 Å². The molecule has 2 rings (SSSR count). The summed E-state index contributed by atoms with van der Waals surface area (Å²) in [6, 6.07) is 8.13. The number of hydrogen-bond donors (Lipinski definition) is 0. The van der Waals surface area contributed by atoms with E-state index in [2.05, 4.69) is 17.9 Å². The fraction of sp³-hybridized carbons (Fsp3) is 0.214. The van der Waals surface area contributed by atoms with Crippen molar-refractivity contribution < 1.29 is 9.53 Å². The van der Waals surface area contributed by atoms with Crippen molar-refractivity contribution >= 4 is 12.0 Å². The van der Waals surface area contributed by atoms with Crippen molar-refractivity contribution in [3.05, 3.63) is 41.0 Å². The second-order valence-electron chi connectivity index (χ2n) is 3.52. The summed E-state index contributed by atoms with van der Waals surface area (Å²) in [6.45, 7) is 2.14. The Bertz CT molecular complexity index is 501. The van der Waals surface area contributed by atoms with E-state index in [1.807, 2.05) is 24.3 Å². The summed E-state index contributed by atoms with van der Waals surface area (Å²) in [6.07, 6.45) is 2.82. The molecule has 0 bridgehead atoms. The Labute approximate surface area is 94.9 Å². The minimum atomic E-state index is -0.459. The van der Waals surface area contributed by atoms with E-state index in [1.165, 1.54) is 11.1 Å². The predicted molar refractivity (Wildman–Crippen MR) is 62.5 cm³/mol. The summed E-state index contributed by atoms with van der Waals surface area (Å²) in [5.41, 5.74) is 3.42. The summed E-state index contributed by atoms with van der Waals surface area (Å²) in [7, 11) is 0. The molecule has 1 aromatic rings. The zero-order valence-electron chi connectivity index (χ0n) is 9.12. The minimum absolute atomic E-state index is 0.368. The van der Waals surface area contributed by atoms with E-state index in [-0.39, 0.29) is 0 Å². The van der Waals surface area contributed by atoms with Gasteiger partial charge in [-0.25, -0.2) is 4.79 Å². The van der Waals surface area contributed by atoms with E-state index in [9.17, 15) is 4.79 Å². The highest BCUT2D eigenvalue weighted by Crippen LogP contribution is 2.23. The van der Waals surface area contributed by atoms with Gasteiger partial charge in [-0.1, -0.05) is 30.2 Å². The smallest absolute Gasteiger partial charge is 0.384 e. The van der Waals surface area contributed by atoms with E-state index in [0.717, 1.165) is 12.0 Å². The minimum Gasteiger partial charge on any atom is -0.456 e. The molecule has 0 fully saturated rings. The molecule has 0 saturated carbocycles. The highest BCUT2D eigenvalue weighted by Gasteiger charge is 2.09. The lowest BCUT2D eigenvalue weighted by molar-refractivity contribution is -0.136. The van der Waals surface area contributed by atoms with Gasteiger partial charge < -0.3 is 4.74 Å². The Balaban J connectivity index is 2.08. The topological polar surface area (TPSA) is 26.3 Å². The molecule has 2 heteroatoms. The molecule has 0 saturated heterocycles. The summed E-state index contributed by atoms with van der Waals surface area (Å²) < 4.78 is 4.74. The Hall–Kier alpha value is -2.01. The number of esters is 1. The molecule has 0 aliphatic heterocycles. The van der Waals surface area contributed by atoms with Crippen LogP contribution in [0.3, 0.4) is 0 Å². The summed E-state index contributed by atoms with van der Waals surface area (Å²) in [5, 5.41) is 0. The van der Waals surface area contributed by atoms with Crippen LogP contribution in [0.15, 0.2) is 29.8 Å². The summed E-state index contributed by atoms with van der Waals surface area (Å²) in [4.78, 5) is 11.0.